The second-order valence-electron chi connectivity index (χ2n) is 3.49. The quantitative estimate of drug-likeness (QED) is 0.530. The first-order valence-corrected chi connectivity index (χ1v) is 4.45. The van der Waals surface area contributed by atoms with Gasteiger partial charge < -0.3 is 0 Å². The molecule has 1 rings (SSSR count). The molecule has 0 saturated heterocycles. The number of benzene rings is 1. The molecule has 0 fully saturated rings. The number of aryl methyl sites for hydroxylation is 1. The van der Waals surface area contributed by atoms with Crippen molar-refractivity contribution >= 4 is 5.78 Å². The summed E-state index contributed by atoms with van der Waals surface area (Å²) in [7, 11) is 0. The van der Waals surface area contributed by atoms with Gasteiger partial charge in [-0.05, 0) is 25.5 Å². The zero-order chi connectivity index (χ0) is 10.7. The van der Waals surface area contributed by atoms with E-state index in [4.69, 9.17) is 0 Å². The number of rotatable bonds is 3. The summed E-state index contributed by atoms with van der Waals surface area (Å²) < 4.78 is 13.5. The van der Waals surface area contributed by atoms with E-state index in [9.17, 15) is 9.18 Å². The van der Waals surface area contributed by atoms with Crippen molar-refractivity contribution in [3.8, 4) is 0 Å². The lowest BCUT2D eigenvalue weighted by Gasteiger charge is -2.04. The summed E-state index contributed by atoms with van der Waals surface area (Å²) in [5, 5.41) is 0. The van der Waals surface area contributed by atoms with Crippen LogP contribution in [0.2, 0.25) is 0 Å². The molecule has 0 aliphatic carbocycles. The Morgan fingerprint density at radius 1 is 1.50 bits per heavy atom. The van der Waals surface area contributed by atoms with Gasteiger partial charge >= 0.3 is 0 Å². The molecule has 74 valence electrons. The first kappa shape index (κ1) is 10.6. The Hall–Kier alpha value is -1.44. The van der Waals surface area contributed by atoms with Crippen LogP contribution in [0.5, 0.6) is 0 Å². The maximum Gasteiger partial charge on any atom is 0.169 e. The highest BCUT2D eigenvalue weighted by atomic mass is 19.1. The van der Waals surface area contributed by atoms with Crippen LogP contribution in [0, 0.1) is 12.7 Å². The predicted octanol–water partition coefficient (Wildman–Crippen LogP) is 3.28. The van der Waals surface area contributed by atoms with Gasteiger partial charge in [0.05, 0.1) is 5.56 Å². The molecule has 0 N–H and O–H groups in total. The minimum Gasteiger partial charge on any atom is -0.294 e. The number of carbonyl (C=O) groups is 1. The number of hydrogen-bond acceptors (Lipinski definition) is 1. The van der Waals surface area contributed by atoms with Crippen molar-refractivity contribution in [3.05, 3.63) is 47.3 Å². The van der Waals surface area contributed by atoms with E-state index < -0.39 is 5.82 Å². The molecule has 14 heavy (non-hydrogen) atoms. The fourth-order valence-electron chi connectivity index (χ4n) is 1.23. The minimum absolute atomic E-state index is 0.160. The number of allylic oxidation sites excluding steroid dienone is 1. The molecule has 0 radical (unpaired) electrons. The third kappa shape index (κ3) is 2.28. The molecule has 0 amide bonds. The Balaban J connectivity index is 3.01. The topological polar surface area (TPSA) is 17.1 Å². The third-order valence-electron chi connectivity index (χ3n) is 1.95. The summed E-state index contributed by atoms with van der Waals surface area (Å²) in [4.78, 5) is 11.5. The van der Waals surface area contributed by atoms with Gasteiger partial charge in [-0.3, -0.25) is 4.79 Å². The van der Waals surface area contributed by atoms with Crippen LogP contribution >= 0.6 is 0 Å². The van der Waals surface area contributed by atoms with Gasteiger partial charge in [-0.15, -0.1) is 0 Å². The van der Waals surface area contributed by atoms with Crippen molar-refractivity contribution in [3.63, 3.8) is 0 Å². The van der Waals surface area contributed by atoms with Crippen molar-refractivity contribution in [2.75, 3.05) is 0 Å². The molecule has 1 aromatic rings. The molecule has 1 aromatic carbocycles. The van der Waals surface area contributed by atoms with Crippen LogP contribution < -0.4 is 0 Å². The van der Waals surface area contributed by atoms with Gasteiger partial charge in [0.15, 0.2) is 5.78 Å². The van der Waals surface area contributed by atoms with E-state index in [0.717, 1.165) is 5.57 Å². The van der Waals surface area contributed by atoms with E-state index in [0.29, 0.717) is 5.56 Å². The average molecular weight is 192 g/mol. The Morgan fingerprint density at radius 3 is 2.71 bits per heavy atom. The summed E-state index contributed by atoms with van der Waals surface area (Å²) in [6.45, 7) is 7.03. The van der Waals surface area contributed by atoms with Crippen molar-refractivity contribution in [2.24, 2.45) is 0 Å². The molecule has 1 nitrogen and oxygen atoms in total. The van der Waals surface area contributed by atoms with Gasteiger partial charge in [0, 0.05) is 6.42 Å². The lowest BCUT2D eigenvalue weighted by atomic mass is 10.0. The maximum atomic E-state index is 13.5. The zero-order valence-electron chi connectivity index (χ0n) is 8.43. The molecule has 0 aromatic heterocycles. The fourth-order valence-corrected chi connectivity index (χ4v) is 1.23. The van der Waals surface area contributed by atoms with Gasteiger partial charge in [-0.2, -0.15) is 0 Å². The fraction of sp³-hybridized carbons (Fsp3) is 0.250. The summed E-state index contributed by atoms with van der Waals surface area (Å²) in [6.07, 6.45) is 0.209. The lowest BCUT2D eigenvalue weighted by molar-refractivity contribution is 0.0989. The minimum atomic E-state index is -0.418. The van der Waals surface area contributed by atoms with Crippen LogP contribution in [0.3, 0.4) is 0 Å². The molecule has 0 unspecified atom stereocenters. The van der Waals surface area contributed by atoms with Crippen molar-refractivity contribution < 1.29 is 9.18 Å². The van der Waals surface area contributed by atoms with Gasteiger partial charge in [-0.25, -0.2) is 4.39 Å². The van der Waals surface area contributed by atoms with Crippen LogP contribution in [0.25, 0.3) is 0 Å². The molecular weight excluding hydrogens is 179 g/mol. The molecule has 0 aliphatic heterocycles. The summed E-state index contributed by atoms with van der Waals surface area (Å²) in [6, 6.07) is 4.84. The standard InChI is InChI=1S/C12H13FO/c1-8(2)7-11(14)10-6-4-5-9(3)12(10)13/h4-6H,1,7H2,2-3H3. The second-order valence-corrected chi connectivity index (χ2v) is 3.49. The normalized spacial score (nSPS) is 9.93. The number of carbonyl (C=O) groups excluding carboxylic acids is 1. The van der Waals surface area contributed by atoms with Gasteiger partial charge in [0.2, 0.25) is 0 Å². The SMILES string of the molecule is C=C(C)CC(=O)c1cccc(C)c1F. The van der Waals surface area contributed by atoms with Crippen LogP contribution in [0.15, 0.2) is 30.4 Å². The van der Waals surface area contributed by atoms with Crippen LogP contribution in [0.1, 0.15) is 29.3 Å². The maximum absolute atomic E-state index is 13.5. The van der Waals surface area contributed by atoms with Crippen molar-refractivity contribution in [2.45, 2.75) is 20.3 Å². The summed E-state index contributed by atoms with van der Waals surface area (Å²) in [5.74, 6) is -0.627. The molecule has 0 aliphatic rings. The Bertz CT molecular complexity index is 380. The lowest BCUT2D eigenvalue weighted by Crippen LogP contribution is -2.03. The van der Waals surface area contributed by atoms with Crippen molar-refractivity contribution in [1.82, 2.24) is 0 Å². The zero-order valence-corrected chi connectivity index (χ0v) is 8.43. The number of Topliss-reactive ketones (excluding diaryl/α,β-unsaturated/α-hetero) is 1. The second kappa shape index (κ2) is 4.18. The Kier molecular flexibility index (Phi) is 3.18. The molecule has 0 heterocycles. The first-order valence-electron chi connectivity index (χ1n) is 4.45. The Morgan fingerprint density at radius 2 is 2.14 bits per heavy atom. The number of halogens is 1. The van der Waals surface area contributed by atoms with Crippen LogP contribution in [-0.4, -0.2) is 5.78 Å². The molecule has 2 heteroatoms. The molecule has 0 bridgehead atoms. The smallest absolute Gasteiger partial charge is 0.169 e. The average Bonchev–Trinajstić information content (AvgIpc) is 2.08. The molecule has 0 spiro atoms. The highest BCUT2D eigenvalue weighted by molar-refractivity contribution is 5.97. The van der Waals surface area contributed by atoms with E-state index in [1.807, 2.05) is 0 Å². The van der Waals surface area contributed by atoms with E-state index in [1.54, 1.807) is 26.0 Å². The highest BCUT2D eigenvalue weighted by Crippen LogP contribution is 2.15. The molecule has 0 atom stereocenters. The predicted molar refractivity (Wildman–Crippen MR) is 54.9 cm³/mol. The van der Waals surface area contributed by atoms with E-state index in [1.165, 1.54) is 6.07 Å². The van der Waals surface area contributed by atoms with Crippen LogP contribution in [-0.2, 0) is 0 Å². The van der Waals surface area contributed by atoms with E-state index in [2.05, 4.69) is 6.58 Å². The monoisotopic (exact) mass is 192 g/mol. The van der Waals surface area contributed by atoms with Crippen molar-refractivity contribution in [1.29, 1.82) is 0 Å². The number of hydrogen-bond donors (Lipinski definition) is 0. The molecular formula is C12H13FO. The first-order chi connectivity index (χ1) is 6.52. The summed E-state index contributed by atoms with van der Waals surface area (Å²) in [5.41, 5.74) is 1.40. The van der Waals surface area contributed by atoms with Gasteiger partial charge in [-0.1, -0.05) is 24.3 Å². The third-order valence-corrected chi connectivity index (χ3v) is 1.95. The highest BCUT2D eigenvalue weighted by Gasteiger charge is 2.12. The number of ketones is 1. The van der Waals surface area contributed by atoms with E-state index >= 15 is 0 Å². The van der Waals surface area contributed by atoms with Gasteiger partial charge in [0.25, 0.3) is 0 Å². The summed E-state index contributed by atoms with van der Waals surface area (Å²) >= 11 is 0. The van der Waals surface area contributed by atoms with Crippen LogP contribution in [0.4, 0.5) is 4.39 Å². The Labute approximate surface area is 83.3 Å². The van der Waals surface area contributed by atoms with E-state index in [-0.39, 0.29) is 17.8 Å². The molecule has 0 saturated carbocycles. The largest absolute Gasteiger partial charge is 0.294 e. The van der Waals surface area contributed by atoms with Gasteiger partial charge in [0.1, 0.15) is 5.82 Å².